The SMILES string of the molecule is C[C@H](N)C(=O)Oc1cc2ccccc2nc1C(=O)[C@H](N)CCCN. The van der Waals surface area contributed by atoms with Gasteiger partial charge in [-0.05, 0) is 38.4 Å². The van der Waals surface area contributed by atoms with E-state index in [1.165, 1.54) is 6.92 Å². The average Bonchev–Trinajstić information content (AvgIpc) is 2.58. The maximum absolute atomic E-state index is 12.6. The molecule has 1 aromatic carbocycles. The van der Waals surface area contributed by atoms with E-state index in [1.807, 2.05) is 18.2 Å². The van der Waals surface area contributed by atoms with Gasteiger partial charge >= 0.3 is 5.97 Å². The lowest BCUT2D eigenvalue weighted by Gasteiger charge is -2.14. The van der Waals surface area contributed by atoms with Crippen LogP contribution in [0.2, 0.25) is 0 Å². The van der Waals surface area contributed by atoms with Crippen LogP contribution in [0.1, 0.15) is 30.3 Å². The fourth-order valence-electron chi connectivity index (χ4n) is 2.20. The minimum Gasteiger partial charge on any atom is -0.423 e. The largest absolute Gasteiger partial charge is 0.423 e. The van der Waals surface area contributed by atoms with Gasteiger partial charge in [0.25, 0.3) is 0 Å². The Hall–Kier alpha value is -2.35. The topological polar surface area (TPSA) is 134 Å². The molecule has 1 heterocycles. The summed E-state index contributed by atoms with van der Waals surface area (Å²) in [4.78, 5) is 28.8. The predicted molar refractivity (Wildman–Crippen MR) is 91.6 cm³/mol. The van der Waals surface area contributed by atoms with Gasteiger partial charge in [0, 0.05) is 5.39 Å². The number of para-hydroxylation sites is 1. The van der Waals surface area contributed by atoms with E-state index < -0.39 is 18.1 Å². The highest BCUT2D eigenvalue weighted by Gasteiger charge is 2.24. The maximum Gasteiger partial charge on any atom is 0.328 e. The van der Waals surface area contributed by atoms with E-state index in [9.17, 15) is 9.59 Å². The lowest BCUT2D eigenvalue weighted by Crippen LogP contribution is -2.34. The third kappa shape index (κ3) is 4.14. The van der Waals surface area contributed by atoms with Crippen molar-refractivity contribution in [1.29, 1.82) is 0 Å². The van der Waals surface area contributed by atoms with Crippen LogP contribution in [0, 0.1) is 0 Å². The minimum absolute atomic E-state index is 0.0345. The molecule has 2 atom stereocenters. The molecule has 0 amide bonds. The highest BCUT2D eigenvalue weighted by molar-refractivity contribution is 6.03. The second-order valence-corrected chi connectivity index (χ2v) is 5.64. The van der Waals surface area contributed by atoms with Crippen molar-refractivity contribution in [1.82, 2.24) is 4.98 Å². The molecule has 0 saturated carbocycles. The lowest BCUT2D eigenvalue weighted by molar-refractivity contribution is -0.135. The van der Waals surface area contributed by atoms with Gasteiger partial charge in [-0.25, -0.2) is 9.78 Å². The van der Waals surface area contributed by atoms with Crippen molar-refractivity contribution >= 4 is 22.7 Å². The lowest BCUT2D eigenvalue weighted by atomic mass is 10.0. The molecule has 6 N–H and O–H groups in total. The van der Waals surface area contributed by atoms with Gasteiger partial charge in [-0.3, -0.25) is 4.79 Å². The van der Waals surface area contributed by atoms with Crippen molar-refractivity contribution < 1.29 is 14.3 Å². The molecule has 0 aliphatic rings. The number of benzene rings is 1. The third-order valence-electron chi connectivity index (χ3n) is 3.56. The van der Waals surface area contributed by atoms with Crippen LogP contribution in [0.4, 0.5) is 0 Å². The van der Waals surface area contributed by atoms with Crippen LogP contribution in [-0.2, 0) is 4.79 Å². The van der Waals surface area contributed by atoms with Gasteiger partial charge in [0.1, 0.15) is 6.04 Å². The van der Waals surface area contributed by atoms with Crippen molar-refractivity contribution in [3.05, 3.63) is 36.0 Å². The van der Waals surface area contributed by atoms with Crippen LogP contribution in [0.15, 0.2) is 30.3 Å². The van der Waals surface area contributed by atoms with Gasteiger partial charge in [0.05, 0.1) is 11.6 Å². The van der Waals surface area contributed by atoms with Gasteiger partial charge in [-0.15, -0.1) is 0 Å². The van der Waals surface area contributed by atoms with E-state index >= 15 is 0 Å². The summed E-state index contributed by atoms with van der Waals surface area (Å²) in [6.45, 7) is 1.95. The van der Waals surface area contributed by atoms with Crippen molar-refractivity contribution in [2.24, 2.45) is 17.2 Å². The normalized spacial score (nSPS) is 13.5. The smallest absolute Gasteiger partial charge is 0.328 e. The summed E-state index contributed by atoms with van der Waals surface area (Å²) in [6.07, 6.45) is 1.06. The Balaban J connectivity index is 2.44. The second-order valence-electron chi connectivity index (χ2n) is 5.64. The number of rotatable bonds is 7. The number of ether oxygens (including phenoxy) is 1. The van der Waals surface area contributed by atoms with E-state index in [4.69, 9.17) is 21.9 Å². The molecule has 2 rings (SSSR count). The van der Waals surface area contributed by atoms with Crippen LogP contribution in [-0.4, -0.2) is 35.4 Å². The fourth-order valence-corrected chi connectivity index (χ4v) is 2.20. The number of nitrogens with two attached hydrogens (primary N) is 3. The molecule has 0 aliphatic carbocycles. The quantitative estimate of drug-likeness (QED) is 0.503. The summed E-state index contributed by atoms with van der Waals surface area (Å²) in [6, 6.07) is 7.26. The van der Waals surface area contributed by atoms with E-state index in [0.717, 1.165) is 5.39 Å². The Bertz CT molecular complexity index is 746. The summed E-state index contributed by atoms with van der Waals surface area (Å²) < 4.78 is 5.26. The molecule has 0 spiro atoms. The number of esters is 1. The number of hydrogen-bond donors (Lipinski definition) is 3. The first-order chi connectivity index (χ1) is 11.4. The van der Waals surface area contributed by atoms with E-state index in [2.05, 4.69) is 4.98 Å². The Morgan fingerprint density at radius 3 is 2.62 bits per heavy atom. The van der Waals surface area contributed by atoms with Crippen LogP contribution in [0.5, 0.6) is 5.75 Å². The van der Waals surface area contributed by atoms with E-state index in [1.54, 1.807) is 12.1 Å². The number of fused-ring (bicyclic) bond motifs is 1. The Morgan fingerprint density at radius 2 is 1.96 bits per heavy atom. The molecule has 128 valence electrons. The minimum atomic E-state index is -0.815. The van der Waals surface area contributed by atoms with Gasteiger partial charge in [0.15, 0.2) is 11.4 Å². The first-order valence-corrected chi connectivity index (χ1v) is 7.81. The summed E-state index contributed by atoms with van der Waals surface area (Å²) in [7, 11) is 0. The monoisotopic (exact) mass is 330 g/mol. The number of Topliss-reactive ketones (excluding diaryl/α,β-unsaturated/α-hetero) is 1. The zero-order chi connectivity index (χ0) is 17.7. The number of aromatic nitrogens is 1. The highest BCUT2D eigenvalue weighted by atomic mass is 16.5. The molecule has 0 saturated heterocycles. The Kier molecular flexibility index (Phi) is 5.97. The number of carbonyl (C=O) groups excluding carboxylic acids is 2. The first-order valence-electron chi connectivity index (χ1n) is 7.81. The Morgan fingerprint density at radius 1 is 1.25 bits per heavy atom. The summed E-state index contributed by atoms with van der Waals surface area (Å²) in [5.74, 6) is -0.956. The van der Waals surface area contributed by atoms with Gasteiger partial charge in [-0.1, -0.05) is 18.2 Å². The molecular formula is C17H22N4O3. The molecule has 7 nitrogen and oxygen atoms in total. The molecule has 0 bridgehead atoms. The van der Waals surface area contributed by atoms with Crippen molar-refractivity contribution in [3.63, 3.8) is 0 Å². The van der Waals surface area contributed by atoms with Crippen molar-refractivity contribution in [2.75, 3.05) is 6.54 Å². The summed E-state index contributed by atoms with van der Waals surface area (Å²) in [5.41, 5.74) is 17.6. The zero-order valence-electron chi connectivity index (χ0n) is 13.6. The third-order valence-corrected chi connectivity index (χ3v) is 3.56. The Labute approximate surface area is 140 Å². The zero-order valence-corrected chi connectivity index (χ0v) is 13.6. The standard InChI is InChI=1S/C17H22N4O3/c1-10(19)17(23)24-14-9-11-5-2-3-7-13(11)21-15(14)16(22)12(20)6-4-8-18/h2-3,5,7,9-10,12H,4,6,8,18-20H2,1H3/t10-,12+/m0/s1. The van der Waals surface area contributed by atoms with E-state index in [0.29, 0.717) is 24.9 Å². The summed E-state index contributed by atoms with van der Waals surface area (Å²) >= 11 is 0. The number of ketones is 1. The average molecular weight is 330 g/mol. The molecule has 7 heteroatoms. The summed E-state index contributed by atoms with van der Waals surface area (Å²) in [5, 5.41) is 0.747. The first kappa shape index (κ1) is 18.0. The molecular weight excluding hydrogens is 308 g/mol. The van der Waals surface area contributed by atoms with Crippen LogP contribution in [0.25, 0.3) is 10.9 Å². The molecule has 0 radical (unpaired) electrons. The van der Waals surface area contributed by atoms with Crippen molar-refractivity contribution in [2.45, 2.75) is 31.8 Å². The number of carbonyl (C=O) groups is 2. The molecule has 0 unspecified atom stereocenters. The highest BCUT2D eigenvalue weighted by Crippen LogP contribution is 2.25. The van der Waals surface area contributed by atoms with E-state index in [-0.39, 0.29) is 17.2 Å². The van der Waals surface area contributed by atoms with Gasteiger partial charge < -0.3 is 21.9 Å². The molecule has 2 aromatic rings. The fraction of sp³-hybridized carbons (Fsp3) is 0.353. The second kappa shape index (κ2) is 7.96. The van der Waals surface area contributed by atoms with Crippen LogP contribution in [0.3, 0.4) is 0 Å². The molecule has 24 heavy (non-hydrogen) atoms. The molecule has 1 aromatic heterocycles. The predicted octanol–water partition coefficient (Wildman–Crippen LogP) is 0.736. The molecule has 0 aliphatic heterocycles. The van der Waals surface area contributed by atoms with Crippen molar-refractivity contribution in [3.8, 4) is 5.75 Å². The number of pyridine rings is 1. The maximum atomic E-state index is 12.6. The number of nitrogens with zero attached hydrogens (tertiary/aromatic N) is 1. The van der Waals surface area contributed by atoms with Gasteiger partial charge in [-0.2, -0.15) is 0 Å². The molecule has 0 fully saturated rings. The van der Waals surface area contributed by atoms with Crippen LogP contribution >= 0.6 is 0 Å². The van der Waals surface area contributed by atoms with Crippen LogP contribution < -0.4 is 21.9 Å². The number of hydrogen-bond acceptors (Lipinski definition) is 7. The van der Waals surface area contributed by atoms with Gasteiger partial charge in [0.2, 0.25) is 5.78 Å².